The van der Waals surface area contributed by atoms with E-state index in [2.05, 4.69) is 19.2 Å². The van der Waals surface area contributed by atoms with E-state index in [0.717, 1.165) is 7.11 Å². The van der Waals surface area contributed by atoms with Gasteiger partial charge in [0.1, 0.15) is 0 Å². The van der Waals surface area contributed by atoms with Crippen LogP contribution in [0.5, 0.6) is 0 Å². The lowest BCUT2D eigenvalue weighted by Crippen LogP contribution is -2.33. The van der Waals surface area contributed by atoms with Crippen LogP contribution in [0, 0.1) is 0 Å². The molecule has 0 amide bonds. The van der Waals surface area contributed by atoms with Gasteiger partial charge in [-0.25, -0.2) is 19.3 Å². The Bertz CT molecular complexity index is 468. The van der Waals surface area contributed by atoms with Crippen molar-refractivity contribution in [2.75, 3.05) is 7.11 Å². The Morgan fingerprint density at radius 1 is 1.24 bits per heavy atom. The van der Waals surface area contributed by atoms with Gasteiger partial charge in [-0.05, 0) is 12.8 Å². The van der Waals surface area contributed by atoms with Crippen molar-refractivity contribution in [1.29, 1.82) is 0 Å². The van der Waals surface area contributed by atoms with Gasteiger partial charge in [0.2, 0.25) is 0 Å². The topological polar surface area (TPSA) is 176 Å². The fourth-order valence-electron chi connectivity index (χ4n) is 0.843. The summed E-state index contributed by atoms with van der Waals surface area (Å²) in [5.41, 5.74) is -1.33. The zero-order chi connectivity index (χ0) is 13.9. The molecule has 0 unspecified atom stereocenters. The minimum absolute atomic E-state index is 0.329. The number of hydrogen-bond acceptors (Lipinski definition) is 7. The predicted molar refractivity (Wildman–Crippen MR) is 53.9 cm³/mol. The van der Waals surface area contributed by atoms with Crippen molar-refractivity contribution in [3.63, 3.8) is 0 Å². The third kappa shape index (κ3) is 8.00. The van der Waals surface area contributed by atoms with Gasteiger partial charge in [0.25, 0.3) is 0 Å². The van der Waals surface area contributed by atoms with Crippen LogP contribution in [0.15, 0.2) is 0 Å². The molecular formula is C5H12N2O8S2. The number of carbonyl (C=O) groups excluding carboxylic acids is 1. The number of carbonyl (C=O) groups is 1. The van der Waals surface area contributed by atoms with E-state index in [1.165, 1.54) is 0 Å². The van der Waals surface area contributed by atoms with Crippen LogP contribution in [-0.4, -0.2) is 40.1 Å². The summed E-state index contributed by atoms with van der Waals surface area (Å²) in [6.45, 7) is 0. The third-order valence-electron chi connectivity index (χ3n) is 1.54. The van der Waals surface area contributed by atoms with E-state index in [-0.39, 0.29) is 0 Å². The molecule has 1 fully saturated rings. The molecule has 1 aliphatic carbocycles. The van der Waals surface area contributed by atoms with E-state index in [9.17, 15) is 13.2 Å². The number of hydrogen-bond donors (Lipinski definition) is 3. The Morgan fingerprint density at radius 2 is 1.59 bits per heavy atom. The summed E-state index contributed by atoms with van der Waals surface area (Å²) >= 11 is 0. The van der Waals surface area contributed by atoms with Crippen molar-refractivity contribution in [3.05, 3.63) is 0 Å². The van der Waals surface area contributed by atoms with Gasteiger partial charge in [-0.1, -0.05) is 0 Å². The first-order valence-corrected chi connectivity index (χ1v) is 6.94. The standard InChI is InChI=1S/C5H9NO5S.H3NO3S/c1-10-4(7)5(2-3-5)11-12(6,8)9;1-5(2,3)4/h2-3H2,1H3,(H2,6,8,9);(H3,1,2,3,4). The second-order valence-electron chi connectivity index (χ2n) is 3.08. The van der Waals surface area contributed by atoms with Gasteiger partial charge in [0.15, 0.2) is 5.60 Å². The monoisotopic (exact) mass is 292 g/mol. The molecule has 0 radical (unpaired) electrons. The van der Waals surface area contributed by atoms with Crippen LogP contribution >= 0.6 is 0 Å². The van der Waals surface area contributed by atoms with Crippen molar-refractivity contribution in [1.82, 2.24) is 0 Å². The number of rotatable bonds is 3. The summed E-state index contributed by atoms with van der Waals surface area (Å²) in [6, 6.07) is 0. The minimum Gasteiger partial charge on any atom is -0.467 e. The highest BCUT2D eigenvalue weighted by atomic mass is 32.2. The molecule has 1 aliphatic rings. The number of ether oxygens (including phenoxy) is 1. The van der Waals surface area contributed by atoms with Crippen molar-refractivity contribution >= 4 is 26.6 Å². The molecule has 0 saturated heterocycles. The number of nitrogens with two attached hydrogens (primary N) is 2. The Morgan fingerprint density at radius 3 is 1.76 bits per heavy atom. The highest BCUT2D eigenvalue weighted by Crippen LogP contribution is 2.41. The normalized spacial score (nSPS) is 17.6. The van der Waals surface area contributed by atoms with Crippen LogP contribution < -0.4 is 10.3 Å². The van der Waals surface area contributed by atoms with Gasteiger partial charge in [-0.2, -0.15) is 16.8 Å². The molecule has 17 heavy (non-hydrogen) atoms. The third-order valence-corrected chi connectivity index (χ3v) is 2.09. The van der Waals surface area contributed by atoms with Crippen molar-refractivity contribution in [3.8, 4) is 0 Å². The largest absolute Gasteiger partial charge is 0.467 e. The highest BCUT2D eigenvalue weighted by Gasteiger charge is 2.55. The summed E-state index contributed by atoms with van der Waals surface area (Å²) < 4.78 is 54.8. The molecule has 0 aromatic heterocycles. The van der Waals surface area contributed by atoms with E-state index in [0.29, 0.717) is 12.8 Å². The quantitative estimate of drug-likeness (QED) is 0.382. The second-order valence-corrected chi connectivity index (χ2v) is 5.26. The molecule has 0 aromatic carbocycles. The van der Waals surface area contributed by atoms with Gasteiger partial charge < -0.3 is 4.74 Å². The lowest BCUT2D eigenvalue weighted by atomic mass is 10.4. The van der Waals surface area contributed by atoms with Crippen molar-refractivity contribution in [2.24, 2.45) is 10.3 Å². The number of methoxy groups -OCH3 is 1. The fraction of sp³-hybridized carbons (Fsp3) is 0.800. The van der Waals surface area contributed by atoms with Crippen LogP contribution in [0.2, 0.25) is 0 Å². The van der Waals surface area contributed by atoms with Crippen molar-refractivity contribution < 1.29 is 35.1 Å². The Kier molecular flexibility index (Phi) is 5.00. The lowest BCUT2D eigenvalue weighted by Gasteiger charge is -2.10. The van der Waals surface area contributed by atoms with Gasteiger partial charge in [-0.3, -0.25) is 4.55 Å². The molecule has 0 atom stereocenters. The molecule has 10 nitrogen and oxygen atoms in total. The molecular weight excluding hydrogens is 280 g/mol. The summed E-state index contributed by atoms with van der Waals surface area (Å²) in [4.78, 5) is 10.9. The van der Waals surface area contributed by atoms with Crippen LogP contribution in [0.25, 0.3) is 0 Å². The van der Waals surface area contributed by atoms with Crippen molar-refractivity contribution in [2.45, 2.75) is 18.4 Å². The molecule has 1 saturated carbocycles. The zero-order valence-electron chi connectivity index (χ0n) is 8.69. The molecule has 0 aliphatic heterocycles. The average molecular weight is 292 g/mol. The molecule has 0 spiro atoms. The first kappa shape index (κ1) is 16.2. The Balaban J connectivity index is 0.000000437. The van der Waals surface area contributed by atoms with Crippen LogP contribution in [-0.2, 0) is 34.3 Å². The molecule has 12 heteroatoms. The Hall–Kier alpha value is -0.790. The first-order valence-electron chi connectivity index (χ1n) is 3.97. The van der Waals surface area contributed by atoms with E-state index in [1.807, 2.05) is 0 Å². The van der Waals surface area contributed by atoms with Crippen LogP contribution in [0.3, 0.4) is 0 Å². The summed E-state index contributed by atoms with van der Waals surface area (Å²) in [5, 5.41) is 8.48. The molecule has 1 rings (SSSR count). The second kappa shape index (κ2) is 5.24. The van der Waals surface area contributed by atoms with Crippen LogP contribution in [0.1, 0.15) is 12.8 Å². The molecule has 0 aromatic rings. The maximum Gasteiger partial charge on any atom is 0.339 e. The molecule has 0 heterocycles. The average Bonchev–Trinajstić information content (AvgIpc) is 2.78. The maximum atomic E-state index is 10.9. The summed E-state index contributed by atoms with van der Waals surface area (Å²) in [7, 11) is -7.08. The summed E-state index contributed by atoms with van der Waals surface area (Å²) in [5.74, 6) is -0.698. The van der Waals surface area contributed by atoms with Gasteiger partial charge in [-0.15, -0.1) is 0 Å². The van der Waals surface area contributed by atoms with Crippen LogP contribution in [0.4, 0.5) is 0 Å². The highest BCUT2D eigenvalue weighted by molar-refractivity contribution is 7.84. The molecule has 102 valence electrons. The SMILES string of the molecule is COC(=O)C1(OS(N)(=O)=O)CC1.NS(=O)(=O)O. The fourth-order valence-corrected chi connectivity index (χ4v) is 1.52. The molecule has 0 bridgehead atoms. The van der Waals surface area contributed by atoms with E-state index >= 15 is 0 Å². The van der Waals surface area contributed by atoms with Gasteiger partial charge in [0.05, 0.1) is 7.11 Å². The molecule has 5 N–H and O–H groups in total. The predicted octanol–water partition coefficient (Wildman–Crippen LogP) is -2.34. The van der Waals surface area contributed by atoms with E-state index in [4.69, 9.17) is 13.0 Å². The zero-order valence-corrected chi connectivity index (χ0v) is 10.3. The maximum absolute atomic E-state index is 10.9. The lowest BCUT2D eigenvalue weighted by molar-refractivity contribution is -0.150. The smallest absolute Gasteiger partial charge is 0.339 e. The van der Waals surface area contributed by atoms with Gasteiger partial charge in [0, 0.05) is 0 Å². The number of esters is 1. The minimum atomic E-state index is -4.17. The summed E-state index contributed by atoms with van der Waals surface area (Å²) in [6.07, 6.45) is 0.659. The Labute approximate surface area is 98.0 Å². The van der Waals surface area contributed by atoms with E-state index in [1.54, 1.807) is 0 Å². The van der Waals surface area contributed by atoms with E-state index < -0.39 is 32.2 Å². The van der Waals surface area contributed by atoms with Gasteiger partial charge >= 0.3 is 26.6 Å². The first-order chi connectivity index (χ1) is 7.40.